The fourth-order valence-electron chi connectivity index (χ4n) is 5.07. The Balaban J connectivity index is 1.22. The molecule has 0 unspecified atom stereocenters. The molecule has 2 fully saturated rings. The first-order valence-corrected chi connectivity index (χ1v) is 11.7. The van der Waals surface area contributed by atoms with Gasteiger partial charge < -0.3 is 15.1 Å². The van der Waals surface area contributed by atoms with Crippen LogP contribution in [-0.2, 0) is 11.8 Å². The zero-order valence-electron chi connectivity index (χ0n) is 19.0. The van der Waals surface area contributed by atoms with E-state index in [9.17, 15) is 4.79 Å². The van der Waals surface area contributed by atoms with Gasteiger partial charge in [0.25, 0.3) is 0 Å². The third-order valence-electron chi connectivity index (χ3n) is 7.12. The van der Waals surface area contributed by atoms with Gasteiger partial charge in [0, 0.05) is 42.4 Å². The first kappa shape index (κ1) is 21.1. The van der Waals surface area contributed by atoms with Crippen molar-refractivity contribution in [2.45, 2.75) is 31.7 Å². The molecular formula is C25H32N6O. The summed E-state index contributed by atoms with van der Waals surface area (Å²) in [5.74, 6) is 0.795. The number of amides is 1. The Morgan fingerprint density at radius 3 is 2.44 bits per heavy atom. The third-order valence-corrected chi connectivity index (χ3v) is 7.12. The second-order valence-electron chi connectivity index (χ2n) is 9.37. The van der Waals surface area contributed by atoms with Gasteiger partial charge in [-0.3, -0.25) is 9.48 Å². The van der Waals surface area contributed by atoms with E-state index in [0.29, 0.717) is 11.9 Å². The van der Waals surface area contributed by atoms with Crippen LogP contribution in [0.1, 0.15) is 25.7 Å². The molecule has 7 heteroatoms. The summed E-state index contributed by atoms with van der Waals surface area (Å²) in [5, 5.41) is 9.46. The minimum Gasteiger partial charge on any atom is -0.310 e. The maximum Gasteiger partial charge on any atom is 0.228 e. The summed E-state index contributed by atoms with van der Waals surface area (Å²) in [7, 11) is 4.12. The van der Waals surface area contributed by atoms with Crippen LogP contribution in [0.3, 0.4) is 0 Å². The number of pyridine rings is 1. The molecule has 0 saturated carbocycles. The number of rotatable bonds is 4. The molecule has 2 aromatic heterocycles. The molecule has 168 valence electrons. The topological polar surface area (TPSA) is 66.3 Å². The molecule has 0 aliphatic carbocycles. The number of benzene rings is 1. The fraction of sp³-hybridized carbons (Fsp3) is 0.480. The predicted octanol–water partition coefficient (Wildman–Crippen LogP) is 3.38. The van der Waals surface area contributed by atoms with Crippen molar-refractivity contribution in [2.75, 3.05) is 38.5 Å². The van der Waals surface area contributed by atoms with E-state index in [4.69, 9.17) is 0 Å². The van der Waals surface area contributed by atoms with E-state index in [1.165, 1.54) is 25.9 Å². The molecule has 0 spiro atoms. The monoisotopic (exact) mass is 432 g/mol. The second-order valence-corrected chi connectivity index (χ2v) is 9.37. The second kappa shape index (κ2) is 9.00. The Labute approximate surface area is 189 Å². The fourth-order valence-corrected chi connectivity index (χ4v) is 5.07. The number of hydrogen-bond acceptors (Lipinski definition) is 5. The Morgan fingerprint density at radius 1 is 0.938 bits per heavy atom. The molecule has 4 heterocycles. The minimum absolute atomic E-state index is 0.0664. The average molecular weight is 433 g/mol. The van der Waals surface area contributed by atoms with Gasteiger partial charge in [-0.2, -0.15) is 5.10 Å². The van der Waals surface area contributed by atoms with Crippen molar-refractivity contribution in [3.05, 3.63) is 42.9 Å². The van der Waals surface area contributed by atoms with E-state index in [0.717, 1.165) is 47.8 Å². The van der Waals surface area contributed by atoms with Crippen LogP contribution < -0.4 is 5.32 Å². The molecule has 0 bridgehead atoms. The Morgan fingerprint density at radius 2 is 1.72 bits per heavy atom. The number of hydrogen-bond donors (Lipinski definition) is 1. The summed E-state index contributed by atoms with van der Waals surface area (Å²) in [6, 6.07) is 8.93. The lowest BCUT2D eigenvalue weighted by molar-refractivity contribution is -0.121. The lowest BCUT2D eigenvalue weighted by atomic mass is 9.93. The quantitative estimate of drug-likeness (QED) is 0.685. The van der Waals surface area contributed by atoms with Crippen LogP contribution in [0, 0.1) is 5.92 Å². The molecule has 32 heavy (non-hydrogen) atoms. The maximum atomic E-state index is 12.9. The van der Waals surface area contributed by atoms with Gasteiger partial charge in [-0.25, -0.2) is 4.98 Å². The number of aromatic nitrogens is 3. The van der Waals surface area contributed by atoms with Crippen molar-refractivity contribution in [2.24, 2.45) is 13.0 Å². The molecule has 1 aromatic carbocycles. The lowest BCUT2D eigenvalue weighted by Crippen LogP contribution is -2.48. The number of likely N-dealkylation sites (tertiary alicyclic amines) is 2. The first-order valence-electron chi connectivity index (χ1n) is 11.7. The molecule has 2 aliphatic rings. The Bertz CT molecular complexity index is 1090. The molecule has 0 radical (unpaired) electrons. The summed E-state index contributed by atoms with van der Waals surface area (Å²) in [6.07, 6.45) is 10.0. The third kappa shape index (κ3) is 4.54. The van der Waals surface area contributed by atoms with Gasteiger partial charge in [0.2, 0.25) is 5.91 Å². The highest BCUT2D eigenvalue weighted by Gasteiger charge is 2.30. The van der Waals surface area contributed by atoms with E-state index in [2.05, 4.69) is 50.4 Å². The van der Waals surface area contributed by atoms with Crippen LogP contribution in [0.25, 0.3) is 21.9 Å². The molecule has 7 nitrogen and oxygen atoms in total. The summed E-state index contributed by atoms with van der Waals surface area (Å²) in [5.41, 5.74) is 2.18. The highest BCUT2D eigenvalue weighted by molar-refractivity contribution is 5.95. The number of aryl methyl sites for hydroxylation is 1. The number of nitrogens with zero attached hydrogens (tertiary/aromatic N) is 5. The van der Waals surface area contributed by atoms with Gasteiger partial charge in [-0.05, 0) is 82.0 Å². The number of carbonyl (C=O) groups excluding carboxylic acids is 1. The summed E-state index contributed by atoms with van der Waals surface area (Å²) >= 11 is 0. The predicted molar refractivity (Wildman–Crippen MR) is 127 cm³/mol. The molecular weight excluding hydrogens is 400 g/mol. The van der Waals surface area contributed by atoms with Gasteiger partial charge in [-0.15, -0.1) is 0 Å². The Hall–Kier alpha value is -2.77. The normalized spacial score (nSPS) is 19.4. The number of carbonyl (C=O) groups is 1. The van der Waals surface area contributed by atoms with Gasteiger partial charge in [0.05, 0.1) is 6.20 Å². The van der Waals surface area contributed by atoms with E-state index in [-0.39, 0.29) is 11.8 Å². The van der Waals surface area contributed by atoms with Crippen LogP contribution in [0.2, 0.25) is 0 Å². The Kier molecular flexibility index (Phi) is 5.93. The molecule has 1 N–H and O–H groups in total. The molecule has 5 rings (SSSR count). The van der Waals surface area contributed by atoms with E-state index in [1.807, 2.05) is 31.7 Å². The van der Waals surface area contributed by atoms with Gasteiger partial charge in [0.1, 0.15) is 5.82 Å². The van der Waals surface area contributed by atoms with Crippen LogP contribution in [0.15, 0.2) is 42.9 Å². The van der Waals surface area contributed by atoms with Crippen molar-refractivity contribution < 1.29 is 4.79 Å². The number of nitrogens with one attached hydrogen (secondary N) is 1. The lowest BCUT2D eigenvalue weighted by Gasteiger charge is -2.40. The van der Waals surface area contributed by atoms with Crippen LogP contribution >= 0.6 is 0 Å². The highest BCUT2D eigenvalue weighted by Crippen LogP contribution is 2.27. The number of fused-ring (bicyclic) bond motifs is 1. The van der Waals surface area contributed by atoms with Gasteiger partial charge in [0.15, 0.2) is 0 Å². The van der Waals surface area contributed by atoms with Crippen molar-refractivity contribution >= 4 is 22.5 Å². The van der Waals surface area contributed by atoms with Crippen molar-refractivity contribution in [3.63, 3.8) is 0 Å². The number of piperidine rings is 2. The van der Waals surface area contributed by atoms with E-state index in [1.54, 1.807) is 4.68 Å². The minimum atomic E-state index is 0.0664. The molecule has 3 aromatic rings. The standard InChI is InChI=1S/C25H32N6O/c1-29-9-7-23(8-10-29)31-11-5-18(6-12-31)25(32)28-24-14-21-13-19(3-4-20(21)15-26-24)22-16-27-30(2)17-22/h3-4,13-18,23H,5-12H2,1-2H3,(H,26,28,32). The van der Waals surface area contributed by atoms with Crippen LogP contribution in [-0.4, -0.2) is 69.7 Å². The van der Waals surface area contributed by atoms with Gasteiger partial charge in [-0.1, -0.05) is 12.1 Å². The summed E-state index contributed by atoms with van der Waals surface area (Å²) < 4.78 is 1.80. The molecule has 2 saturated heterocycles. The van der Waals surface area contributed by atoms with E-state index >= 15 is 0 Å². The summed E-state index contributed by atoms with van der Waals surface area (Å²) in [6.45, 7) is 4.40. The molecule has 2 aliphatic heterocycles. The van der Waals surface area contributed by atoms with Crippen LogP contribution in [0.5, 0.6) is 0 Å². The maximum absolute atomic E-state index is 12.9. The smallest absolute Gasteiger partial charge is 0.228 e. The first-order chi connectivity index (χ1) is 15.5. The van der Waals surface area contributed by atoms with Crippen LogP contribution in [0.4, 0.5) is 5.82 Å². The van der Waals surface area contributed by atoms with Crippen molar-refractivity contribution in [1.29, 1.82) is 0 Å². The largest absolute Gasteiger partial charge is 0.310 e. The number of anilines is 1. The zero-order chi connectivity index (χ0) is 22.1. The van der Waals surface area contributed by atoms with Crippen molar-refractivity contribution in [1.82, 2.24) is 24.6 Å². The SMILES string of the molecule is CN1CCC(N2CCC(C(=O)Nc3cc4cc(-c5cnn(C)c5)ccc4cn3)CC2)CC1. The zero-order valence-corrected chi connectivity index (χ0v) is 19.0. The van der Waals surface area contributed by atoms with Crippen molar-refractivity contribution in [3.8, 4) is 11.1 Å². The summed E-state index contributed by atoms with van der Waals surface area (Å²) in [4.78, 5) is 22.4. The van der Waals surface area contributed by atoms with Gasteiger partial charge >= 0.3 is 0 Å². The van der Waals surface area contributed by atoms with E-state index < -0.39 is 0 Å². The molecule has 0 atom stereocenters. The molecule has 1 amide bonds. The average Bonchev–Trinajstić information content (AvgIpc) is 3.25. The highest BCUT2D eigenvalue weighted by atomic mass is 16.1.